The smallest absolute Gasteiger partial charge is 0.0821 e. The Morgan fingerprint density at radius 2 is 2.20 bits per heavy atom. The monoisotopic (exact) mass is 272 g/mol. The predicted octanol–water partition coefficient (Wildman–Crippen LogP) is 2.72. The molecule has 1 aliphatic rings. The summed E-state index contributed by atoms with van der Waals surface area (Å²) in [5.74, 6) is 0.840. The summed E-state index contributed by atoms with van der Waals surface area (Å²) in [7, 11) is 1.96. The Labute approximate surface area is 120 Å². The van der Waals surface area contributed by atoms with Crippen LogP contribution >= 0.6 is 0 Å². The van der Waals surface area contributed by atoms with Crippen LogP contribution in [-0.4, -0.2) is 20.9 Å². The minimum absolute atomic E-state index is 0.542. The highest BCUT2D eigenvalue weighted by Gasteiger charge is 2.32. The Hall–Kier alpha value is -1.55. The summed E-state index contributed by atoms with van der Waals surface area (Å²) in [5.41, 5.74) is 2.54. The van der Waals surface area contributed by atoms with E-state index in [9.17, 15) is 0 Å². The molecule has 1 aliphatic carbocycles. The fraction of sp³-hybridized carbons (Fsp3) is 0.562. The van der Waals surface area contributed by atoms with Crippen molar-refractivity contribution in [3.05, 3.63) is 42.0 Å². The van der Waals surface area contributed by atoms with Crippen LogP contribution in [0.5, 0.6) is 0 Å². The summed E-state index contributed by atoms with van der Waals surface area (Å²) >= 11 is 0. The molecule has 2 heterocycles. The number of nitrogens with one attached hydrogen (secondary N) is 1. The van der Waals surface area contributed by atoms with Gasteiger partial charge in [0.05, 0.1) is 12.2 Å². The Kier molecular flexibility index (Phi) is 3.92. The maximum absolute atomic E-state index is 4.44. The van der Waals surface area contributed by atoms with Crippen LogP contribution in [-0.2, 0) is 13.6 Å². The predicted molar refractivity (Wildman–Crippen MR) is 80.5 cm³/mol. The van der Waals surface area contributed by atoms with E-state index in [4.69, 9.17) is 0 Å². The molecular formula is C16H24N4. The molecule has 0 bridgehead atoms. The van der Waals surface area contributed by atoms with Crippen molar-refractivity contribution < 1.29 is 0 Å². The number of aryl methyl sites for hydroxylation is 1. The molecule has 0 aromatic carbocycles. The van der Waals surface area contributed by atoms with Crippen LogP contribution in [0.4, 0.5) is 0 Å². The van der Waals surface area contributed by atoms with Crippen molar-refractivity contribution in [2.75, 3.05) is 6.54 Å². The molecule has 4 nitrogen and oxygen atoms in total. The third-order valence-corrected chi connectivity index (χ3v) is 3.95. The molecule has 0 spiro atoms. The second-order valence-corrected chi connectivity index (χ2v) is 5.87. The zero-order valence-corrected chi connectivity index (χ0v) is 12.4. The molecular weight excluding hydrogens is 248 g/mol. The van der Waals surface area contributed by atoms with Crippen molar-refractivity contribution in [3.63, 3.8) is 0 Å². The van der Waals surface area contributed by atoms with Crippen molar-refractivity contribution in [2.45, 2.75) is 38.8 Å². The van der Waals surface area contributed by atoms with Crippen molar-refractivity contribution >= 4 is 0 Å². The van der Waals surface area contributed by atoms with Gasteiger partial charge in [0.1, 0.15) is 0 Å². The molecule has 1 unspecified atom stereocenters. The van der Waals surface area contributed by atoms with Gasteiger partial charge in [0.15, 0.2) is 0 Å². The van der Waals surface area contributed by atoms with Crippen molar-refractivity contribution in [1.29, 1.82) is 0 Å². The Bertz CT molecular complexity index is 550. The van der Waals surface area contributed by atoms with Crippen LogP contribution in [0.2, 0.25) is 0 Å². The average Bonchev–Trinajstić information content (AvgIpc) is 3.03. The summed E-state index contributed by atoms with van der Waals surface area (Å²) in [6.07, 6.45) is 10.4. The fourth-order valence-electron chi connectivity index (χ4n) is 2.76. The molecule has 108 valence electrons. The first kappa shape index (κ1) is 13.4. The molecule has 3 rings (SSSR count). The molecule has 2 aromatic rings. The molecule has 1 atom stereocenters. The molecule has 0 aliphatic heterocycles. The maximum Gasteiger partial charge on any atom is 0.0821 e. The summed E-state index contributed by atoms with van der Waals surface area (Å²) in [6, 6.07) is 4.88. The van der Waals surface area contributed by atoms with Crippen molar-refractivity contribution in [2.24, 2.45) is 13.0 Å². The number of aromatic nitrogens is 3. The quantitative estimate of drug-likeness (QED) is 0.841. The zero-order valence-electron chi connectivity index (χ0n) is 12.4. The van der Waals surface area contributed by atoms with E-state index in [1.165, 1.54) is 24.8 Å². The van der Waals surface area contributed by atoms with Crippen LogP contribution in [0.1, 0.15) is 43.5 Å². The van der Waals surface area contributed by atoms with Crippen LogP contribution in [0.25, 0.3) is 0 Å². The number of hydrogen-bond donors (Lipinski definition) is 1. The molecule has 1 N–H and O–H groups in total. The van der Waals surface area contributed by atoms with Gasteiger partial charge in [0, 0.05) is 31.7 Å². The maximum atomic E-state index is 4.44. The van der Waals surface area contributed by atoms with E-state index >= 15 is 0 Å². The Balaban J connectivity index is 1.68. The largest absolute Gasteiger partial charge is 0.348 e. The van der Waals surface area contributed by atoms with E-state index in [0.717, 1.165) is 24.7 Å². The summed E-state index contributed by atoms with van der Waals surface area (Å²) in [6.45, 7) is 4.18. The topological polar surface area (TPSA) is 34.8 Å². The van der Waals surface area contributed by atoms with Gasteiger partial charge in [-0.1, -0.05) is 6.92 Å². The normalized spacial score (nSPS) is 16.5. The lowest BCUT2D eigenvalue weighted by molar-refractivity contribution is 0.480. The first-order valence-electron chi connectivity index (χ1n) is 7.64. The minimum atomic E-state index is 0.542. The summed E-state index contributed by atoms with van der Waals surface area (Å²) < 4.78 is 4.09. The lowest BCUT2D eigenvalue weighted by Gasteiger charge is -2.16. The third kappa shape index (κ3) is 3.12. The van der Waals surface area contributed by atoms with E-state index < -0.39 is 0 Å². The van der Waals surface area contributed by atoms with Crippen molar-refractivity contribution in [3.8, 4) is 0 Å². The molecule has 0 amide bonds. The highest BCUT2D eigenvalue weighted by atomic mass is 15.3. The second kappa shape index (κ2) is 5.83. The second-order valence-electron chi connectivity index (χ2n) is 5.87. The van der Waals surface area contributed by atoms with Crippen LogP contribution < -0.4 is 5.32 Å². The molecule has 0 radical (unpaired) electrons. The molecule has 1 fully saturated rings. The molecule has 0 saturated heterocycles. The number of rotatable bonds is 7. The first-order valence-corrected chi connectivity index (χ1v) is 7.64. The van der Waals surface area contributed by atoms with Crippen molar-refractivity contribution in [1.82, 2.24) is 19.7 Å². The standard InChI is InChI=1S/C16H24N4/c1-3-8-17-16(13-4-5-13)14-6-10-20(11-14)12-15-7-9-19(2)18-15/h6-7,9-11,13,16-17H,3-5,8,12H2,1-2H3. The zero-order chi connectivity index (χ0) is 13.9. The molecule has 20 heavy (non-hydrogen) atoms. The summed E-state index contributed by atoms with van der Waals surface area (Å²) in [5, 5.41) is 8.13. The Morgan fingerprint density at radius 1 is 1.35 bits per heavy atom. The van der Waals surface area contributed by atoms with Crippen LogP contribution in [0.15, 0.2) is 30.7 Å². The van der Waals surface area contributed by atoms with E-state index in [1.807, 2.05) is 17.9 Å². The van der Waals surface area contributed by atoms with Gasteiger partial charge in [-0.05, 0) is 49.4 Å². The lowest BCUT2D eigenvalue weighted by atomic mass is 10.1. The van der Waals surface area contributed by atoms with Gasteiger partial charge < -0.3 is 9.88 Å². The van der Waals surface area contributed by atoms with E-state index in [0.29, 0.717) is 6.04 Å². The Morgan fingerprint density at radius 3 is 2.85 bits per heavy atom. The van der Waals surface area contributed by atoms with Gasteiger partial charge in [-0.15, -0.1) is 0 Å². The molecule has 4 heteroatoms. The lowest BCUT2D eigenvalue weighted by Crippen LogP contribution is -2.23. The fourth-order valence-corrected chi connectivity index (χ4v) is 2.76. The van der Waals surface area contributed by atoms with Crippen LogP contribution in [0.3, 0.4) is 0 Å². The van der Waals surface area contributed by atoms with E-state index in [2.05, 4.69) is 46.4 Å². The van der Waals surface area contributed by atoms with Gasteiger partial charge in [-0.2, -0.15) is 5.10 Å². The molecule has 2 aromatic heterocycles. The van der Waals surface area contributed by atoms with Gasteiger partial charge in [0.25, 0.3) is 0 Å². The SMILES string of the molecule is CCCNC(c1ccn(Cc2ccn(C)n2)c1)C1CC1. The first-order chi connectivity index (χ1) is 9.76. The van der Waals surface area contributed by atoms with Gasteiger partial charge >= 0.3 is 0 Å². The van der Waals surface area contributed by atoms with Gasteiger partial charge in [-0.3, -0.25) is 4.68 Å². The minimum Gasteiger partial charge on any atom is -0.348 e. The third-order valence-electron chi connectivity index (χ3n) is 3.95. The van der Waals surface area contributed by atoms with Gasteiger partial charge in [0.2, 0.25) is 0 Å². The summed E-state index contributed by atoms with van der Waals surface area (Å²) in [4.78, 5) is 0. The highest BCUT2D eigenvalue weighted by molar-refractivity contribution is 5.19. The highest BCUT2D eigenvalue weighted by Crippen LogP contribution is 2.41. The average molecular weight is 272 g/mol. The van der Waals surface area contributed by atoms with Crippen LogP contribution in [0, 0.1) is 5.92 Å². The molecule has 1 saturated carbocycles. The number of nitrogens with zero attached hydrogens (tertiary/aromatic N) is 3. The number of hydrogen-bond acceptors (Lipinski definition) is 2. The van der Waals surface area contributed by atoms with E-state index in [-0.39, 0.29) is 0 Å². The van der Waals surface area contributed by atoms with E-state index in [1.54, 1.807) is 0 Å². The van der Waals surface area contributed by atoms with Gasteiger partial charge in [-0.25, -0.2) is 0 Å².